The highest BCUT2D eigenvalue weighted by molar-refractivity contribution is 6.33. The predicted molar refractivity (Wildman–Crippen MR) is 106 cm³/mol. The zero-order valence-electron chi connectivity index (χ0n) is 15.9. The van der Waals surface area contributed by atoms with Crippen LogP contribution in [0.2, 0.25) is 5.15 Å². The van der Waals surface area contributed by atoms with E-state index >= 15 is 0 Å². The van der Waals surface area contributed by atoms with Crippen LogP contribution in [0.5, 0.6) is 0 Å². The number of rotatable bonds is 3. The Morgan fingerprint density at radius 2 is 1.86 bits per heavy atom. The highest BCUT2D eigenvalue weighted by Gasteiger charge is 2.27. The van der Waals surface area contributed by atoms with Gasteiger partial charge in [0.2, 0.25) is 0 Å². The second-order valence-electron chi connectivity index (χ2n) is 7.45. The highest BCUT2D eigenvalue weighted by atomic mass is 35.5. The van der Waals surface area contributed by atoms with Gasteiger partial charge in [-0.25, -0.2) is 8.78 Å². The Kier molecular flexibility index (Phi) is 5.26. The average Bonchev–Trinajstić information content (AvgIpc) is 3.04. The van der Waals surface area contributed by atoms with E-state index in [1.807, 2.05) is 27.7 Å². The van der Waals surface area contributed by atoms with Crippen molar-refractivity contribution in [3.63, 3.8) is 0 Å². The van der Waals surface area contributed by atoms with Crippen molar-refractivity contribution in [3.8, 4) is 23.0 Å². The summed E-state index contributed by atoms with van der Waals surface area (Å²) in [6.07, 6.45) is 1.30. The number of nitrogens with one attached hydrogen (secondary N) is 1. The van der Waals surface area contributed by atoms with E-state index < -0.39 is 11.6 Å². The monoisotopic (exact) mass is 402 g/mol. The maximum absolute atomic E-state index is 14.9. The van der Waals surface area contributed by atoms with Crippen LogP contribution < -0.4 is 5.32 Å². The number of halogens is 3. The Balaban J connectivity index is 2.30. The average molecular weight is 403 g/mol. The number of anilines is 1. The number of aromatic nitrogens is 4. The van der Waals surface area contributed by atoms with Gasteiger partial charge in [0.25, 0.3) is 5.78 Å². The van der Waals surface area contributed by atoms with Gasteiger partial charge < -0.3 is 5.32 Å². The van der Waals surface area contributed by atoms with Crippen molar-refractivity contribution in [2.75, 3.05) is 5.32 Å². The lowest BCUT2D eigenvalue weighted by atomic mass is 9.88. The SMILES string of the molecule is [CH2]C#Cc1cc(F)c(-c2c(Cl)nc3ncnn3c2N[C@H](C)C(C)(C)C)c(F)c1. The molecular weight excluding hydrogens is 384 g/mol. The first-order valence-corrected chi connectivity index (χ1v) is 8.94. The van der Waals surface area contributed by atoms with Gasteiger partial charge in [-0.05, 0) is 24.5 Å². The van der Waals surface area contributed by atoms with Gasteiger partial charge in [0.15, 0.2) is 0 Å². The molecule has 1 N–H and O–H groups in total. The van der Waals surface area contributed by atoms with E-state index in [9.17, 15) is 8.78 Å². The van der Waals surface area contributed by atoms with Gasteiger partial charge in [-0.2, -0.15) is 19.6 Å². The molecule has 0 spiro atoms. The normalized spacial score (nSPS) is 12.6. The standard InChI is InChI=1S/C20H19ClF2N5/c1-6-7-12-8-13(22)15(14(23)9-12)16-17(21)27-19-24-10-25-28(19)18(16)26-11(2)20(3,4)5/h8-11,26H,1H2,2-5H3/t11-/m1/s1. The smallest absolute Gasteiger partial charge is 0.255 e. The van der Waals surface area contributed by atoms with Gasteiger partial charge in [-0.1, -0.05) is 44.2 Å². The summed E-state index contributed by atoms with van der Waals surface area (Å²) in [7, 11) is 0. The van der Waals surface area contributed by atoms with Crippen molar-refractivity contribution in [1.29, 1.82) is 0 Å². The van der Waals surface area contributed by atoms with Crippen LogP contribution in [0, 0.1) is 35.8 Å². The zero-order chi connectivity index (χ0) is 20.6. The van der Waals surface area contributed by atoms with Crippen LogP contribution in [0.4, 0.5) is 14.6 Å². The quantitative estimate of drug-likeness (QED) is 0.507. The first-order valence-electron chi connectivity index (χ1n) is 8.56. The van der Waals surface area contributed by atoms with Gasteiger partial charge in [0.05, 0.1) is 11.1 Å². The molecule has 0 amide bonds. The summed E-state index contributed by atoms with van der Waals surface area (Å²) < 4.78 is 31.2. The molecule has 1 aromatic carbocycles. The van der Waals surface area contributed by atoms with Crippen molar-refractivity contribution in [2.24, 2.45) is 5.41 Å². The van der Waals surface area contributed by atoms with Gasteiger partial charge in [-0.15, -0.1) is 0 Å². The Morgan fingerprint density at radius 3 is 2.43 bits per heavy atom. The van der Waals surface area contributed by atoms with Crippen molar-refractivity contribution in [3.05, 3.63) is 47.7 Å². The van der Waals surface area contributed by atoms with Crippen LogP contribution in [0.25, 0.3) is 16.9 Å². The van der Waals surface area contributed by atoms with Gasteiger partial charge in [0, 0.05) is 18.5 Å². The number of nitrogens with zero attached hydrogens (tertiary/aromatic N) is 4. The van der Waals surface area contributed by atoms with E-state index in [1.54, 1.807) is 0 Å². The van der Waals surface area contributed by atoms with E-state index in [4.69, 9.17) is 11.6 Å². The molecule has 145 valence electrons. The van der Waals surface area contributed by atoms with Gasteiger partial charge >= 0.3 is 0 Å². The van der Waals surface area contributed by atoms with Crippen LogP contribution in [-0.4, -0.2) is 25.6 Å². The highest BCUT2D eigenvalue weighted by Crippen LogP contribution is 2.38. The van der Waals surface area contributed by atoms with Crippen LogP contribution in [0.1, 0.15) is 33.3 Å². The minimum atomic E-state index is -0.813. The molecule has 3 rings (SSSR count). The second kappa shape index (κ2) is 7.36. The molecule has 0 saturated carbocycles. The van der Waals surface area contributed by atoms with E-state index in [0.29, 0.717) is 5.82 Å². The third-order valence-electron chi connectivity index (χ3n) is 4.56. The largest absolute Gasteiger partial charge is 0.366 e. The summed E-state index contributed by atoms with van der Waals surface area (Å²) in [5.41, 5.74) is -0.213. The van der Waals surface area contributed by atoms with Crippen molar-refractivity contribution >= 4 is 23.2 Å². The van der Waals surface area contributed by atoms with Gasteiger partial charge in [-0.3, -0.25) is 0 Å². The van der Waals surface area contributed by atoms with Crippen molar-refractivity contribution in [1.82, 2.24) is 19.6 Å². The van der Waals surface area contributed by atoms with Crippen molar-refractivity contribution < 1.29 is 8.78 Å². The molecule has 0 unspecified atom stereocenters. The molecule has 5 nitrogen and oxygen atoms in total. The summed E-state index contributed by atoms with van der Waals surface area (Å²) in [6, 6.07) is 2.18. The van der Waals surface area contributed by atoms with Gasteiger partial charge in [0.1, 0.15) is 28.9 Å². The van der Waals surface area contributed by atoms with E-state index in [1.165, 1.54) is 10.8 Å². The molecule has 2 aromatic heterocycles. The molecule has 0 aliphatic rings. The fraction of sp³-hybridized carbons (Fsp3) is 0.300. The molecule has 0 aliphatic heterocycles. The van der Waals surface area contributed by atoms with Crippen LogP contribution in [-0.2, 0) is 0 Å². The minimum Gasteiger partial charge on any atom is -0.366 e. The van der Waals surface area contributed by atoms with Crippen molar-refractivity contribution in [2.45, 2.75) is 33.7 Å². The first kappa shape index (κ1) is 20.0. The summed E-state index contributed by atoms with van der Waals surface area (Å²) in [6.45, 7) is 11.4. The molecule has 0 aliphatic carbocycles. The molecule has 1 radical (unpaired) electrons. The topological polar surface area (TPSA) is 55.1 Å². The predicted octanol–water partition coefficient (Wildman–Crippen LogP) is 4.75. The summed E-state index contributed by atoms with van der Waals surface area (Å²) in [4.78, 5) is 8.16. The third-order valence-corrected chi connectivity index (χ3v) is 4.83. The maximum Gasteiger partial charge on any atom is 0.255 e. The molecule has 3 aromatic rings. The zero-order valence-corrected chi connectivity index (χ0v) is 16.7. The summed E-state index contributed by atoms with van der Waals surface area (Å²) in [5, 5.41) is 7.33. The molecule has 8 heteroatoms. The van der Waals surface area contributed by atoms with E-state index in [-0.39, 0.29) is 39.1 Å². The van der Waals surface area contributed by atoms with Crippen LogP contribution >= 0.6 is 11.6 Å². The Labute approximate surface area is 167 Å². The summed E-state index contributed by atoms with van der Waals surface area (Å²) >= 11 is 6.34. The Morgan fingerprint density at radius 1 is 1.21 bits per heavy atom. The third kappa shape index (κ3) is 3.65. The fourth-order valence-electron chi connectivity index (χ4n) is 2.58. The lowest BCUT2D eigenvalue weighted by molar-refractivity contribution is 0.358. The Hall–Kier alpha value is -2.72. The molecule has 0 bridgehead atoms. The number of fused-ring (bicyclic) bond motifs is 1. The molecule has 0 fully saturated rings. The van der Waals surface area contributed by atoms with E-state index in [0.717, 1.165) is 12.1 Å². The summed E-state index contributed by atoms with van der Waals surface area (Å²) in [5.74, 6) is 3.82. The van der Waals surface area contributed by atoms with Crippen LogP contribution in [0.3, 0.4) is 0 Å². The lowest BCUT2D eigenvalue weighted by Crippen LogP contribution is -2.32. The maximum atomic E-state index is 14.9. The molecule has 0 saturated heterocycles. The van der Waals surface area contributed by atoms with Crippen LogP contribution in [0.15, 0.2) is 18.5 Å². The Bertz CT molecular complexity index is 1080. The molecule has 2 heterocycles. The number of hydrogen-bond donors (Lipinski definition) is 1. The molecular formula is C20H19ClF2N5. The first-order chi connectivity index (χ1) is 13.1. The molecule has 28 heavy (non-hydrogen) atoms. The second-order valence-corrected chi connectivity index (χ2v) is 7.80. The number of hydrogen-bond acceptors (Lipinski definition) is 4. The lowest BCUT2D eigenvalue weighted by Gasteiger charge is -2.30. The fourth-order valence-corrected chi connectivity index (χ4v) is 2.84. The van der Waals surface area contributed by atoms with E-state index in [2.05, 4.69) is 39.1 Å². The number of benzene rings is 1. The molecule has 1 atom stereocenters. The minimum absolute atomic E-state index is 0.0694.